The molecule has 0 radical (unpaired) electrons. The number of alkyl halides is 1. The first kappa shape index (κ1) is 9.36. The lowest BCUT2D eigenvalue weighted by molar-refractivity contribution is 0.615. The van der Waals surface area contributed by atoms with Crippen molar-refractivity contribution in [3.63, 3.8) is 0 Å². The third-order valence-corrected chi connectivity index (χ3v) is 1.82. The fourth-order valence-corrected chi connectivity index (χ4v) is 1.11. The van der Waals surface area contributed by atoms with Crippen LogP contribution in [-0.2, 0) is 5.88 Å². The molecule has 2 heterocycles. The number of fused-ring (bicyclic) bond motifs is 1. The summed E-state index contributed by atoms with van der Waals surface area (Å²) in [4.78, 5) is 4.13. The molecule has 0 amide bonds. The van der Waals surface area contributed by atoms with Crippen molar-refractivity contribution in [2.75, 3.05) is 0 Å². The van der Waals surface area contributed by atoms with Gasteiger partial charge in [0.05, 0.1) is 6.26 Å². The summed E-state index contributed by atoms with van der Waals surface area (Å²) in [6, 6.07) is 3.72. The van der Waals surface area contributed by atoms with Gasteiger partial charge >= 0.3 is 0 Å². The summed E-state index contributed by atoms with van der Waals surface area (Å²) in [6.07, 6.45) is 3.38. The molecule has 0 fully saturated rings. The Kier molecular flexibility index (Phi) is 2.95. The Balaban J connectivity index is 0.000000720. The highest BCUT2D eigenvalue weighted by atomic mass is 35.5. The van der Waals surface area contributed by atoms with E-state index in [1.54, 1.807) is 12.5 Å². The van der Waals surface area contributed by atoms with Gasteiger partial charge in [0.15, 0.2) is 5.58 Å². The Bertz CT molecular complexity index is 372. The van der Waals surface area contributed by atoms with Gasteiger partial charge in [0.25, 0.3) is 0 Å². The third kappa shape index (κ3) is 1.54. The molecule has 0 aliphatic heterocycles. The molecule has 2 aromatic rings. The van der Waals surface area contributed by atoms with Crippen molar-refractivity contribution in [3.8, 4) is 0 Å². The summed E-state index contributed by atoms with van der Waals surface area (Å²) in [5.41, 5.74) is 2.65. The van der Waals surface area contributed by atoms with Crippen LogP contribution in [0.4, 0.5) is 0 Å². The number of furan rings is 1. The molecule has 0 saturated carbocycles. The van der Waals surface area contributed by atoms with Crippen molar-refractivity contribution in [2.45, 2.75) is 5.88 Å². The Morgan fingerprint density at radius 2 is 2.33 bits per heavy atom. The van der Waals surface area contributed by atoms with Crippen molar-refractivity contribution in [1.29, 1.82) is 0 Å². The number of rotatable bonds is 1. The van der Waals surface area contributed by atoms with Gasteiger partial charge in [-0.05, 0) is 11.6 Å². The van der Waals surface area contributed by atoms with E-state index in [4.69, 9.17) is 16.0 Å². The van der Waals surface area contributed by atoms with E-state index in [0.717, 1.165) is 16.7 Å². The molecular weight excluding hydrogens is 197 g/mol. The van der Waals surface area contributed by atoms with E-state index in [2.05, 4.69) is 4.98 Å². The van der Waals surface area contributed by atoms with Crippen molar-refractivity contribution in [1.82, 2.24) is 4.98 Å². The van der Waals surface area contributed by atoms with Crippen molar-refractivity contribution in [2.24, 2.45) is 0 Å². The molecule has 0 unspecified atom stereocenters. The summed E-state index contributed by atoms with van der Waals surface area (Å²) in [5, 5.41) is 0. The Morgan fingerprint density at radius 1 is 1.50 bits per heavy atom. The van der Waals surface area contributed by atoms with Crippen LogP contribution in [0.2, 0.25) is 0 Å². The van der Waals surface area contributed by atoms with Gasteiger partial charge in [0, 0.05) is 18.1 Å². The zero-order valence-corrected chi connectivity index (χ0v) is 7.73. The van der Waals surface area contributed by atoms with Crippen LogP contribution in [0, 0.1) is 0 Å². The van der Waals surface area contributed by atoms with Gasteiger partial charge in [0.2, 0.25) is 0 Å². The van der Waals surface area contributed by atoms with Crippen molar-refractivity contribution >= 4 is 35.1 Å². The van der Waals surface area contributed by atoms with Crippen LogP contribution in [0.15, 0.2) is 29.0 Å². The molecule has 0 aliphatic carbocycles. The van der Waals surface area contributed by atoms with E-state index in [9.17, 15) is 0 Å². The number of nitrogens with zero attached hydrogens (tertiary/aromatic N) is 1. The number of hydrogen-bond acceptors (Lipinski definition) is 2. The first-order valence-corrected chi connectivity index (χ1v) is 3.82. The molecule has 64 valence electrons. The maximum Gasteiger partial charge on any atom is 0.152 e. The van der Waals surface area contributed by atoms with Crippen LogP contribution in [0.1, 0.15) is 5.56 Å². The van der Waals surface area contributed by atoms with Crippen molar-refractivity contribution < 1.29 is 4.42 Å². The Labute approximate surface area is 80.9 Å². The molecule has 2 aromatic heterocycles. The van der Waals surface area contributed by atoms with Gasteiger partial charge in [-0.3, -0.25) is 4.98 Å². The quantitative estimate of drug-likeness (QED) is 0.667. The highest BCUT2D eigenvalue weighted by Gasteiger charge is 1.98. The van der Waals surface area contributed by atoms with E-state index in [1.165, 1.54) is 0 Å². The summed E-state index contributed by atoms with van der Waals surface area (Å²) in [5.74, 6) is 0.476. The zero-order valence-electron chi connectivity index (χ0n) is 6.16. The van der Waals surface area contributed by atoms with Gasteiger partial charge in [-0.1, -0.05) is 0 Å². The number of aromatic nitrogens is 1. The molecule has 4 heteroatoms. The zero-order chi connectivity index (χ0) is 7.68. The van der Waals surface area contributed by atoms with Gasteiger partial charge in [0.1, 0.15) is 5.52 Å². The normalized spacial score (nSPS) is 9.75. The van der Waals surface area contributed by atoms with E-state index in [-0.39, 0.29) is 12.4 Å². The van der Waals surface area contributed by atoms with Crippen molar-refractivity contribution in [3.05, 3.63) is 30.2 Å². The molecular formula is C8H7Cl2NO. The molecule has 0 N–H and O–H groups in total. The molecule has 2 nitrogen and oxygen atoms in total. The largest absolute Gasteiger partial charge is 0.463 e. The van der Waals surface area contributed by atoms with Crippen LogP contribution in [-0.4, -0.2) is 4.98 Å². The van der Waals surface area contributed by atoms with Gasteiger partial charge in [-0.25, -0.2) is 0 Å². The minimum absolute atomic E-state index is 0. The molecule has 12 heavy (non-hydrogen) atoms. The molecule has 0 saturated heterocycles. The Hall–Kier alpha value is -0.730. The second-order valence-electron chi connectivity index (χ2n) is 2.28. The van der Waals surface area contributed by atoms with Crippen LogP contribution < -0.4 is 0 Å². The van der Waals surface area contributed by atoms with E-state index < -0.39 is 0 Å². The second-order valence-corrected chi connectivity index (χ2v) is 2.55. The third-order valence-electron chi connectivity index (χ3n) is 1.51. The van der Waals surface area contributed by atoms with E-state index in [1.807, 2.05) is 12.1 Å². The average Bonchev–Trinajstić information content (AvgIpc) is 2.50. The fourth-order valence-electron chi connectivity index (χ4n) is 0.960. The lowest BCUT2D eigenvalue weighted by atomic mass is 10.3. The summed E-state index contributed by atoms with van der Waals surface area (Å²) in [7, 11) is 0. The number of pyridine rings is 1. The first-order chi connectivity index (χ1) is 5.40. The molecule has 2 rings (SSSR count). The molecule has 0 aromatic carbocycles. The average molecular weight is 204 g/mol. The van der Waals surface area contributed by atoms with Crippen LogP contribution >= 0.6 is 24.0 Å². The maximum absolute atomic E-state index is 5.61. The monoisotopic (exact) mass is 203 g/mol. The van der Waals surface area contributed by atoms with Gasteiger partial charge < -0.3 is 4.42 Å². The topological polar surface area (TPSA) is 26.0 Å². The SMILES string of the molecule is Cl.ClCc1cnc2ccoc2c1. The predicted octanol–water partition coefficient (Wildman–Crippen LogP) is 2.99. The van der Waals surface area contributed by atoms with E-state index >= 15 is 0 Å². The lowest BCUT2D eigenvalue weighted by Crippen LogP contribution is -1.79. The summed E-state index contributed by atoms with van der Waals surface area (Å²) >= 11 is 5.61. The van der Waals surface area contributed by atoms with Gasteiger partial charge in [-0.15, -0.1) is 24.0 Å². The van der Waals surface area contributed by atoms with Gasteiger partial charge in [-0.2, -0.15) is 0 Å². The highest BCUT2D eigenvalue weighted by molar-refractivity contribution is 6.17. The van der Waals surface area contributed by atoms with E-state index in [0.29, 0.717) is 5.88 Å². The number of halogens is 2. The second kappa shape index (κ2) is 3.78. The van der Waals surface area contributed by atoms with Crippen LogP contribution in [0.25, 0.3) is 11.1 Å². The molecule has 0 spiro atoms. The lowest BCUT2D eigenvalue weighted by Gasteiger charge is -1.91. The molecule has 0 aliphatic rings. The Morgan fingerprint density at radius 3 is 3.08 bits per heavy atom. The standard InChI is InChI=1S/C8H6ClNO.ClH/c9-4-6-3-8-7(10-5-6)1-2-11-8;/h1-3,5H,4H2;1H. The summed E-state index contributed by atoms with van der Waals surface area (Å²) < 4.78 is 5.14. The maximum atomic E-state index is 5.61. The van der Waals surface area contributed by atoms with Crippen LogP contribution in [0.5, 0.6) is 0 Å². The molecule has 0 bridgehead atoms. The number of hydrogen-bond donors (Lipinski definition) is 0. The highest BCUT2D eigenvalue weighted by Crippen LogP contribution is 2.14. The minimum atomic E-state index is 0. The summed E-state index contributed by atoms with van der Waals surface area (Å²) in [6.45, 7) is 0. The predicted molar refractivity (Wildman–Crippen MR) is 50.8 cm³/mol. The van der Waals surface area contributed by atoms with Crippen LogP contribution in [0.3, 0.4) is 0 Å². The minimum Gasteiger partial charge on any atom is -0.463 e. The first-order valence-electron chi connectivity index (χ1n) is 3.28. The smallest absolute Gasteiger partial charge is 0.152 e. The molecule has 0 atom stereocenters. The fraction of sp³-hybridized carbons (Fsp3) is 0.125.